The summed E-state index contributed by atoms with van der Waals surface area (Å²) in [6.07, 6.45) is 3.27. The van der Waals surface area contributed by atoms with Crippen molar-refractivity contribution in [1.29, 1.82) is 0 Å². The predicted octanol–water partition coefficient (Wildman–Crippen LogP) is 3.81. The van der Waals surface area contributed by atoms with Gasteiger partial charge in [0.1, 0.15) is 5.75 Å². The maximum Gasteiger partial charge on any atom is 0.191 e. The molecule has 0 amide bonds. The Morgan fingerprint density at radius 3 is 2.59 bits per heavy atom. The summed E-state index contributed by atoms with van der Waals surface area (Å²) in [6, 6.07) is 9.31. The molecule has 1 heterocycles. The van der Waals surface area contributed by atoms with E-state index in [1.54, 1.807) is 0 Å². The molecule has 5 nitrogen and oxygen atoms in total. The van der Waals surface area contributed by atoms with Crippen LogP contribution in [0.15, 0.2) is 29.3 Å². The van der Waals surface area contributed by atoms with Gasteiger partial charge in [0, 0.05) is 44.7 Å². The Morgan fingerprint density at radius 1 is 1.26 bits per heavy atom. The molecule has 1 saturated heterocycles. The number of para-hydroxylation sites is 1. The van der Waals surface area contributed by atoms with Crippen LogP contribution in [0.2, 0.25) is 0 Å². The molecule has 2 N–H and O–H groups in total. The summed E-state index contributed by atoms with van der Waals surface area (Å²) in [5.41, 5.74) is 1.18. The van der Waals surface area contributed by atoms with Crippen molar-refractivity contribution in [3.05, 3.63) is 29.8 Å². The number of nitrogens with zero attached hydrogens (tertiary/aromatic N) is 2. The summed E-state index contributed by atoms with van der Waals surface area (Å²) in [5.74, 6) is 1.91. The molecule has 1 aliphatic rings. The average Bonchev–Trinajstić information content (AvgIpc) is 2.63. The summed E-state index contributed by atoms with van der Waals surface area (Å²) in [6.45, 7) is 13.4. The monoisotopic (exact) mass is 488 g/mol. The molecule has 1 aromatic rings. The number of hydrogen-bond donors (Lipinski definition) is 2. The number of likely N-dealkylation sites (tertiary alicyclic amines) is 1. The first kappa shape index (κ1) is 24.0. The number of aliphatic imine (C=N–C) groups is 1. The lowest BCUT2D eigenvalue weighted by Gasteiger charge is -2.35. The lowest BCUT2D eigenvalue weighted by molar-refractivity contribution is 0.167. The molecule has 0 atom stereocenters. The largest absolute Gasteiger partial charge is 0.493 e. The van der Waals surface area contributed by atoms with Gasteiger partial charge in [0.15, 0.2) is 5.96 Å². The van der Waals surface area contributed by atoms with E-state index in [2.05, 4.69) is 49.3 Å². The number of hydrogen-bond acceptors (Lipinski definition) is 3. The summed E-state index contributed by atoms with van der Waals surface area (Å²) in [7, 11) is 0. The van der Waals surface area contributed by atoms with Crippen molar-refractivity contribution in [2.24, 2.45) is 4.99 Å². The third-order valence-corrected chi connectivity index (χ3v) is 4.87. The highest BCUT2D eigenvalue weighted by molar-refractivity contribution is 14.0. The number of halogens is 1. The van der Waals surface area contributed by atoms with E-state index in [0.29, 0.717) is 18.7 Å². The second kappa shape index (κ2) is 13.2. The van der Waals surface area contributed by atoms with Crippen LogP contribution < -0.4 is 15.4 Å². The van der Waals surface area contributed by atoms with Crippen molar-refractivity contribution >= 4 is 29.9 Å². The van der Waals surface area contributed by atoms with Crippen LogP contribution in [0, 0.1) is 6.92 Å². The highest BCUT2D eigenvalue weighted by Crippen LogP contribution is 2.16. The number of guanidine groups is 1. The van der Waals surface area contributed by atoms with Crippen LogP contribution in [0.5, 0.6) is 5.75 Å². The molecule has 0 bridgehead atoms. The predicted molar refractivity (Wildman–Crippen MR) is 126 cm³/mol. The van der Waals surface area contributed by atoms with E-state index in [1.807, 2.05) is 18.2 Å². The Bertz CT molecular complexity index is 557. The van der Waals surface area contributed by atoms with E-state index in [9.17, 15) is 0 Å². The molecule has 0 saturated carbocycles. The molecule has 154 valence electrons. The molecule has 0 aliphatic carbocycles. The van der Waals surface area contributed by atoms with Crippen LogP contribution in [-0.2, 0) is 0 Å². The van der Waals surface area contributed by atoms with Crippen LogP contribution in [-0.4, -0.2) is 55.7 Å². The van der Waals surface area contributed by atoms with E-state index in [4.69, 9.17) is 9.73 Å². The number of nitrogens with one attached hydrogen (secondary N) is 2. The van der Waals surface area contributed by atoms with Crippen LogP contribution in [0.4, 0.5) is 0 Å². The van der Waals surface area contributed by atoms with Gasteiger partial charge in [0.25, 0.3) is 0 Å². The van der Waals surface area contributed by atoms with Crippen molar-refractivity contribution in [1.82, 2.24) is 15.5 Å². The minimum atomic E-state index is 0. The summed E-state index contributed by atoms with van der Waals surface area (Å²) >= 11 is 0. The fourth-order valence-electron chi connectivity index (χ4n) is 3.23. The molecule has 1 aliphatic heterocycles. The average molecular weight is 488 g/mol. The number of rotatable bonds is 8. The molecule has 0 spiro atoms. The van der Waals surface area contributed by atoms with Gasteiger partial charge in [0.05, 0.1) is 6.61 Å². The van der Waals surface area contributed by atoms with Crippen molar-refractivity contribution < 1.29 is 4.74 Å². The molecular weight excluding hydrogens is 451 g/mol. The zero-order valence-corrected chi connectivity index (χ0v) is 19.7. The van der Waals surface area contributed by atoms with Gasteiger partial charge in [-0.15, -0.1) is 24.0 Å². The fourth-order valence-corrected chi connectivity index (χ4v) is 3.23. The highest BCUT2D eigenvalue weighted by atomic mass is 127. The lowest BCUT2D eigenvalue weighted by Crippen LogP contribution is -2.49. The van der Waals surface area contributed by atoms with Crippen molar-refractivity contribution in [3.63, 3.8) is 0 Å². The second-order valence-corrected chi connectivity index (χ2v) is 7.28. The second-order valence-electron chi connectivity index (χ2n) is 7.28. The van der Waals surface area contributed by atoms with Crippen LogP contribution in [0.25, 0.3) is 0 Å². The molecule has 1 aromatic carbocycles. The molecular formula is C21H37IN4O. The molecule has 0 radical (unpaired) electrons. The first-order valence-electron chi connectivity index (χ1n) is 10.1. The normalized spacial score (nSPS) is 16.1. The van der Waals surface area contributed by atoms with Crippen molar-refractivity contribution in [2.45, 2.75) is 59.0 Å². The molecule has 0 aromatic heterocycles. The summed E-state index contributed by atoms with van der Waals surface area (Å²) in [5, 5.41) is 6.97. The molecule has 27 heavy (non-hydrogen) atoms. The minimum Gasteiger partial charge on any atom is -0.493 e. The van der Waals surface area contributed by atoms with Gasteiger partial charge in [-0.25, -0.2) is 0 Å². The zero-order chi connectivity index (χ0) is 18.8. The Kier molecular flexibility index (Phi) is 11.7. The van der Waals surface area contributed by atoms with Crippen LogP contribution in [0.3, 0.4) is 0 Å². The van der Waals surface area contributed by atoms with E-state index in [1.165, 1.54) is 31.5 Å². The highest BCUT2D eigenvalue weighted by Gasteiger charge is 2.21. The Labute approximate surface area is 182 Å². The Balaban J connectivity index is 0.00000364. The molecule has 1 fully saturated rings. The molecule has 2 rings (SSSR count). The zero-order valence-electron chi connectivity index (χ0n) is 17.3. The van der Waals surface area contributed by atoms with E-state index < -0.39 is 0 Å². The summed E-state index contributed by atoms with van der Waals surface area (Å²) < 4.78 is 5.85. The van der Waals surface area contributed by atoms with Gasteiger partial charge >= 0.3 is 0 Å². The number of ether oxygens (including phenoxy) is 1. The summed E-state index contributed by atoms with van der Waals surface area (Å²) in [4.78, 5) is 7.26. The number of piperidine rings is 1. The maximum absolute atomic E-state index is 5.85. The van der Waals surface area contributed by atoms with E-state index in [-0.39, 0.29) is 24.0 Å². The number of aryl methyl sites for hydroxylation is 1. The Hall–Kier alpha value is -1.02. The molecule has 6 heteroatoms. The quantitative estimate of drug-likeness (QED) is 0.253. The van der Waals surface area contributed by atoms with E-state index >= 15 is 0 Å². The smallest absolute Gasteiger partial charge is 0.191 e. The van der Waals surface area contributed by atoms with Gasteiger partial charge in [-0.05, 0) is 52.2 Å². The fraction of sp³-hybridized carbons (Fsp3) is 0.667. The lowest BCUT2D eigenvalue weighted by atomic mass is 10.0. The maximum atomic E-state index is 5.85. The van der Waals surface area contributed by atoms with Crippen LogP contribution in [0.1, 0.15) is 45.6 Å². The topological polar surface area (TPSA) is 48.9 Å². The van der Waals surface area contributed by atoms with Crippen molar-refractivity contribution in [3.8, 4) is 5.75 Å². The SMILES string of the molecule is CCNC(=NCCCOc1ccccc1C)NC1CCN(C(C)C)CC1.I. The number of benzene rings is 1. The van der Waals surface area contributed by atoms with Gasteiger partial charge in [-0.3, -0.25) is 4.99 Å². The van der Waals surface area contributed by atoms with Gasteiger partial charge in [-0.1, -0.05) is 18.2 Å². The van der Waals surface area contributed by atoms with Gasteiger partial charge in [-0.2, -0.15) is 0 Å². The minimum absolute atomic E-state index is 0. The third kappa shape index (κ3) is 8.68. The van der Waals surface area contributed by atoms with E-state index in [0.717, 1.165) is 31.2 Å². The molecule has 0 unspecified atom stereocenters. The first-order valence-corrected chi connectivity index (χ1v) is 10.1. The van der Waals surface area contributed by atoms with Gasteiger partial charge < -0.3 is 20.3 Å². The first-order chi connectivity index (χ1) is 12.6. The Morgan fingerprint density at radius 2 is 1.96 bits per heavy atom. The van der Waals surface area contributed by atoms with Crippen LogP contribution >= 0.6 is 24.0 Å². The third-order valence-electron chi connectivity index (χ3n) is 4.87. The van der Waals surface area contributed by atoms with Gasteiger partial charge in [0.2, 0.25) is 0 Å². The standard InChI is InChI=1S/C21H36N4O.HI/c1-5-22-21(24-19-11-14-25(15-12-19)17(2)3)23-13-8-16-26-20-10-7-6-9-18(20)4;/h6-7,9-10,17,19H,5,8,11-16H2,1-4H3,(H2,22,23,24);1H. The van der Waals surface area contributed by atoms with Crippen molar-refractivity contribution in [2.75, 3.05) is 32.8 Å².